The molecule has 2 bridgehead atoms. The van der Waals surface area contributed by atoms with Crippen LogP contribution in [0.15, 0.2) is 0 Å². The first-order valence-electron chi connectivity index (χ1n) is 8.33. The van der Waals surface area contributed by atoms with Gasteiger partial charge in [-0.15, -0.1) is 0 Å². The average Bonchev–Trinajstić information content (AvgIpc) is 2.04. The van der Waals surface area contributed by atoms with Crippen LogP contribution in [0, 0.1) is 27.6 Å². The Balaban J connectivity index is 2.04. The van der Waals surface area contributed by atoms with Crippen molar-refractivity contribution in [1.29, 1.82) is 0 Å². The zero-order chi connectivity index (χ0) is 15.0. The molecule has 4 saturated carbocycles. The smallest absolute Gasteiger partial charge is 0.0584 e. The maximum atomic E-state index is 10.8. The lowest BCUT2D eigenvalue weighted by Crippen LogP contribution is -2.63. The van der Waals surface area contributed by atoms with Gasteiger partial charge in [0, 0.05) is 0 Å². The second-order valence-corrected chi connectivity index (χ2v) is 10.2. The molecule has 0 aliphatic heterocycles. The molecule has 0 heterocycles. The lowest BCUT2D eigenvalue weighted by Gasteiger charge is -2.68. The van der Waals surface area contributed by atoms with Crippen LogP contribution in [-0.2, 0) is 0 Å². The highest BCUT2D eigenvalue weighted by atomic mass is 16.3. The van der Waals surface area contributed by atoms with Gasteiger partial charge in [-0.25, -0.2) is 0 Å². The molecule has 116 valence electrons. The van der Waals surface area contributed by atoms with E-state index >= 15 is 0 Å². The summed E-state index contributed by atoms with van der Waals surface area (Å²) in [5.41, 5.74) is 0.791. The number of hydrogen-bond donors (Lipinski definition) is 2. The van der Waals surface area contributed by atoms with E-state index in [1.165, 1.54) is 12.8 Å². The lowest BCUT2D eigenvalue weighted by molar-refractivity contribution is -0.225. The third-order valence-electron chi connectivity index (χ3n) is 6.51. The molecule has 0 aromatic heterocycles. The lowest BCUT2D eigenvalue weighted by atomic mass is 9.38. The van der Waals surface area contributed by atoms with E-state index < -0.39 is 0 Å². The molecule has 0 radical (unpaired) electrons. The molecule has 4 rings (SSSR count). The number of hydrogen-bond acceptors (Lipinski definition) is 2. The normalized spacial score (nSPS) is 53.2. The van der Waals surface area contributed by atoms with Crippen molar-refractivity contribution in [3.63, 3.8) is 0 Å². The van der Waals surface area contributed by atoms with Gasteiger partial charge in [0.2, 0.25) is 0 Å². The van der Waals surface area contributed by atoms with E-state index in [0.717, 1.165) is 25.7 Å². The first-order chi connectivity index (χ1) is 8.97. The summed E-state index contributed by atoms with van der Waals surface area (Å²) in [6.45, 7) is 11.6. The van der Waals surface area contributed by atoms with Gasteiger partial charge in [-0.05, 0) is 66.1 Å². The minimum atomic E-state index is -0.190. The van der Waals surface area contributed by atoms with Gasteiger partial charge in [-0.3, -0.25) is 0 Å². The Labute approximate surface area is 124 Å². The standard InChI is InChI=1S/C18H32O2/c1-15(2)6-12(19)7-18(9-15)11-17(5)8-13(20)14(18)16(3,4)10-17/h12-14,19-20H,6-11H2,1-5H3/t12-,13-,14-,17-,18-/m0/s1. The number of aliphatic hydroxyl groups excluding tert-OH is 2. The topological polar surface area (TPSA) is 40.5 Å². The predicted octanol–water partition coefficient (Wildman–Crippen LogP) is 3.75. The largest absolute Gasteiger partial charge is 0.393 e. The summed E-state index contributed by atoms with van der Waals surface area (Å²) in [5, 5.41) is 21.2. The molecule has 4 aliphatic carbocycles. The fourth-order valence-corrected chi connectivity index (χ4v) is 7.41. The average molecular weight is 280 g/mol. The third-order valence-corrected chi connectivity index (χ3v) is 6.51. The van der Waals surface area contributed by atoms with Crippen LogP contribution in [0.5, 0.6) is 0 Å². The predicted molar refractivity (Wildman–Crippen MR) is 81.3 cm³/mol. The minimum absolute atomic E-state index is 0.148. The van der Waals surface area contributed by atoms with Crippen molar-refractivity contribution in [3.05, 3.63) is 0 Å². The van der Waals surface area contributed by atoms with Crippen molar-refractivity contribution in [1.82, 2.24) is 0 Å². The van der Waals surface area contributed by atoms with E-state index in [2.05, 4.69) is 34.6 Å². The molecule has 2 N–H and O–H groups in total. The van der Waals surface area contributed by atoms with E-state index in [4.69, 9.17) is 0 Å². The van der Waals surface area contributed by atoms with Crippen LogP contribution in [0.25, 0.3) is 0 Å². The molecule has 0 amide bonds. The fraction of sp³-hybridized carbons (Fsp3) is 1.00. The Morgan fingerprint density at radius 2 is 1.45 bits per heavy atom. The monoisotopic (exact) mass is 280 g/mol. The first-order valence-corrected chi connectivity index (χ1v) is 8.33. The third kappa shape index (κ3) is 2.14. The Kier molecular flexibility index (Phi) is 2.98. The van der Waals surface area contributed by atoms with Gasteiger partial charge in [-0.2, -0.15) is 0 Å². The zero-order valence-corrected chi connectivity index (χ0v) is 13.9. The van der Waals surface area contributed by atoms with Crippen molar-refractivity contribution >= 4 is 0 Å². The minimum Gasteiger partial charge on any atom is -0.393 e. The quantitative estimate of drug-likeness (QED) is 0.709. The maximum Gasteiger partial charge on any atom is 0.0584 e. The van der Waals surface area contributed by atoms with Crippen molar-refractivity contribution in [3.8, 4) is 0 Å². The van der Waals surface area contributed by atoms with Crippen LogP contribution in [0.2, 0.25) is 0 Å². The second kappa shape index (κ2) is 4.01. The van der Waals surface area contributed by atoms with Crippen LogP contribution in [0.3, 0.4) is 0 Å². The molecular weight excluding hydrogens is 248 g/mol. The zero-order valence-electron chi connectivity index (χ0n) is 13.9. The first kappa shape index (κ1) is 14.8. The van der Waals surface area contributed by atoms with E-state index in [1.54, 1.807) is 0 Å². The summed E-state index contributed by atoms with van der Waals surface area (Å²) in [6, 6.07) is 0. The Hall–Kier alpha value is -0.0800. The number of rotatable bonds is 0. The summed E-state index contributed by atoms with van der Waals surface area (Å²) in [5.74, 6) is 0.353. The second-order valence-electron chi connectivity index (χ2n) is 10.2. The molecule has 2 nitrogen and oxygen atoms in total. The van der Waals surface area contributed by atoms with E-state index in [-0.39, 0.29) is 33.9 Å². The summed E-state index contributed by atoms with van der Waals surface area (Å²) in [7, 11) is 0. The van der Waals surface area contributed by atoms with Gasteiger partial charge in [0.1, 0.15) is 0 Å². The van der Waals surface area contributed by atoms with E-state index in [1.807, 2.05) is 0 Å². The van der Waals surface area contributed by atoms with E-state index in [0.29, 0.717) is 5.92 Å². The molecule has 2 heteroatoms. The van der Waals surface area contributed by atoms with Gasteiger partial charge >= 0.3 is 0 Å². The Bertz CT molecular complexity index is 407. The number of fused-ring (bicyclic) bond motifs is 2. The summed E-state index contributed by atoms with van der Waals surface area (Å²) in [4.78, 5) is 0. The summed E-state index contributed by atoms with van der Waals surface area (Å²) < 4.78 is 0. The SMILES string of the molecule is CC1(C)C[C@H](O)C[C@]2(C1)C[C@@]1(C)C[C@H](O)[C@H]2C(C)(C)C1. The molecule has 0 saturated heterocycles. The van der Waals surface area contributed by atoms with Crippen LogP contribution < -0.4 is 0 Å². The molecule has 5 atom stereocenters. The Morgan fingerprint density at radius 1 is 0.800 bits per heavy atom. The maximum absolute atomic E-state index is 10.8. The van der Waals surface area contributed by atoms with Crippen molar-refractivity contribution < 1.29 is 10.2 Å². The Morgan fingerprint density at radius 3 is 1.95 bits per heavy atom. The molecule has 4 aliphatic rings. The number of aliphatic hydroxyl groups is 2. The highest BCUT2D eigenvalue weighted by Crippen LogP contribution is 2.70. The molecule has 0 aromatic rings. The van der Waals surface area contributed by atoms with Crippen molar-refractivity contribution in [2.45, 2.75) is 85.4 Å². The van der Waals surface area contributed by atoms with Gasteiger partial charge < -0.3 is 10.2 Å². The highest BCUT2D eigenvalue weighted by Gasteiger charge is 2.64. The molecule has 1 spiro atoms. The molecule has 20 heavy (non-hydrogen) atoms. The van der Waals surface area contributed by atoms with Gasteiger partial charge in [0.15, 0.2) is 0 Å². The molecule has 0 unspecified atom stereocenters. The highest BCUT2D eigenvalue weighted by molar-refractivity contribution is 5.14. The van der Waals surface area contributed by atoms with Gasteiger partial charge in [0.05, 0.1) is 12.2 Å². The fourth-order valence-electron chi connectivity index (χ4n) is 7.41. The summed E-state index contributed by atoms with van der Waals surface area (Å²) in [6.07, 6.45) is 5.98. The van der Waals surface area contributed by atoms with E-state index in [9.17, 15) is 10.2 Å². The molecular formula is C18H32O2. The van der Waals surface area contributed by atoms with Gasteiger partial charge in [-0.1, -0.05) is 34.6 Å². The molecule has 0 aromatic carbocycles. The van der Waals surface area contributed by atoms with Gasteiger partial charge in [0.25, 0.3) is 0 Å². The summed E-state index contributed by atoms with van der Waals surface area (Å²) >= 11 is 0. The van der Waals surface area contributed by atoms with Crippen LogP contribution in [0.4, 0.5) is 0 Å². The van der Waals surface area contributed by atoms with Crippen molar-refractivity contribution in [2.75, 3.05) is 0 Å². The molecule has 4 fully saturated rings. The van der Waals surface area contributed by atoms with Crippen LogP contribution in [-0.4, -0.2) is 22.4 Å². The van der Waals surface area contributed by atoms with Crippen LogP contribution >= 0.6 is 0 Å². The van der Waals surface area contributed by atoms with Crippen molar-refractivity contribution in [2.24, 2.45) is 27.6 Å². The van der Waals surface area contributed by atoms with Crippen LogP contribution in [0.1, 0.15) is 73.1 Å².